The summed E-state index contributed by atoms with van der Waals surface area (Å²) in [4.78, 5) is 16.6. The van der Waals surface area contributed by atoms with Gasteiger partial charge in [0.05, 0.1) is 0 Å². The van der Waals surface area contributed by atoms with Crippen LogP contribution >= 0.6 is 0 Å². The van der Waals surface area contributed by atoms with Crippen molar-refractivity contribution >= 4 is 5.91 Å². The standard InChI is InChI=1S/C13H27N3O/c1-10(2)9-16-11(3)6-7-15(5)13(17)12(16)8-14-4/h10-12,14H,6-9H2,1-5H3. The number of rotatable bonds is 4. The molecule has 0 saturated carbocycles. The molecule has 0 aromatic rings. The van der Waals surface area contributed by atoms with Crippen LogP contribution in [0.25, 0.3) is 0 Å². The van der Waals surface area contributed by atoms with Gasteiger partial charge in [-0.3, -0.25) is 9.69 Å². The highest BCUT2D eigenvalue weighted by Gasteiger charge is 2.34. The van der Waals surface area contributed by atoms with E-state index in [9.17, 15) is 4.79 Å². The summed E-state index contributed by atoms with van der Waals surface area (Å²) in [6.45, 7) is 9.25. The van der Waals surface area contributed by atoms with Gasteiger partial charge in [-0.25, -0.2) is 0 Å². The molecule has 4 heteroatoms. The van der Waals surface area contributed by atoms with Gasteiger partial charge < -0.3 is 10.2 Å². The normalized spacial score (nSPS) is 27.6. The van der Waals surface area contributed by atoms with Gasteiger partial charge in [0.1, 0.15) is 6.04 Å². The van der Waals surface area contributed by atoms with Crippen LogP contribution in [-0.2, 0) is 4.79 Å². The quantitative estimate of drug-likeness (QED) is 0.790. The highest BCUT2D eigenvalue weighted by molar-refractivity contribution is 5.82. The first kappa shape index (κ1) is 14.5. The van der Waals surface area contributed by atoms with Crippen LogP contribution in [0.5, 0.6) is 0 Å². The van der Waals surface area contributed by atoms with Crippen LogP contribution < -0.4 is 5.32 Å². The first-order valence-electron chi connectivity index (χ1n) is 6.62. The minimum Gasteiger partial charge on any atom is -0.344 e. The van der Waals surface area contributed by atoms with Gasteiger partial charge in [-0.1, -0.05) is 13.8 Å². The minimum absolute atomic E-state index is 0.00935. The largest absolute Gasteiger partial charge is 0.344 e. The Morgan fingerprint density at radius 2 is 2.12 bits per heavy atom. The van der Waals surface area contributed by atoms with Gasteiger partial charge in [-0.2, -0.15) is 0 Å². The molecule has 0 radical (unpaired) electrons. The molecule has 0 spiro atoms. The highest BCUT2D eigenvalue weighted by atomic mass is 16.2. The van der Waals surface area contributed by atoms with E-state index in [0.717, 1.165) is 26.1 Å². The highest BCUT2D eigenvalue weighted by Crippen LogP contribution is 2.18. The number of hydrogen-bond donors (Lipinski definition) is 1. The molecule has 1 aliphatic heterocycles. The van der Waals surface area contributed by atoms with E-state index in [1.807, 2.05) is 19.0 Å². The zero-order valence-electron chi connectivity index (χ0n) is 11.9. The Hall–Kier alpha value is -0.610. The van der Waals surface area contributed by atoms with E-state index in [4.69, 9.17) is 0 Å². The molecule has 1 saturated heterocycles. The molecule has 1 heterocycles. The van der Waals surface area contributed by atoms with Crippen molar-refractivity contribution in [1.82, 2.24) is 15.1 Å². The molecule has 0 bridgehead atoms. The molecule has 2 unspecified atom stereocenters. The first-order chi connectivity index (χ1) is 7.97. The average molecular weight is 241 g/mol. The van der Waals surface area contributed by atoms with E-state index in [2.05, 4.69) is 31.0 Å². The Balaban J connectivity index is 2.87. The summed E-state index contributed by atoms with van der Waals surface area (Å²) in [6.07, 6.45) is 1.06. The maximum absolute atomic E-state index is 12.3. The number of carbonyl (C=O) groups excluding carboxylic acids is 1. The van der Waals surface area contributed by atoms with E-state index >= 15 is 0 Å². The van der Waals surface area contributed by atoms with Crippen molar-refractivity contribution < 1.29 is 4.79 Å². The van der Waals surface area contributed by atoms with Crippen molar-refractivity contribution in [2.45, 2.75) is 39.3 Å². The van der Waals surface area contributed by atoms with Crippen LogP contribution in [0.4, 0.5) is 0 Å². The maximum atomic E-state index is 12.3. The number of likely N-dealkylation sites (N-methyl/N-ethyl adjacent to an activating group) is 2. The lowest BCUT2D eigenvalue weighted by Crippen LogP contribution is -2.52. The molecule has 1 rings (SSSR count). The molecular formula is C13H27N3O. The summed E-state index contributed by atoms with van der Waals surface area (Å²) in [5.41, 5.74) is 0. The van der Waals surface area contributed by atoms with Crippen molar-refractivity contribution in [2.75, 3.05) is 33.7 Å². The summed E-state index contributed by atoms with van der Waals surface area (Å²) < 4.78 is 0. The molecule has 1 fully saturated rings. The number of carbonyl (C=O) groups is 1. The number of hydrogen-bond acceptors (Lipinski definition) is 3. The molecule has 2 atom stereocenters. The third kappa shape index (κ3) is 3.68. The molecule has 0 aromatic carbocycles. The predicted octanol–water partition coefficient (Wildman–Crippen LogP) is 0.783. The molecule has 1 aliphatic rings. The lowest BCUT2D eigenvalue weighted by atomic mass is 10.1. The van der Waals surface area contributed by atoms with Crippen molar-refractivity contribution in [3.8, 4) is 0 Å². The number of nitrogens with one attached hydrogen (secondary N) is 1. The second kappa shape index (κ2) is 6.36. The number of nitrogens with zero attached hydrogens (tertiary/aromatic N) is 2. The zero-order chi connectivity index (χ0) is 13.0. The fourth-order valence-corrected chi connectivity index (χ4v) is 2.49. The summed E-state index contributed by atoms with van der Waals surface area (Å²) in [7, 11) is 3.83. The lowest BCUT2D eigenvalue weighted by molar-refractivity contribution is -0.134. The van der Waals surface area contributed by atoms with Crippen LogP contribution in [0.1, 0.15) is 27.2 Å². The van der Waals surface area contributed by atoms with Crippen molar-refractivity contribution in [3.05, 3.63) is 0 Å². The summed E-state index contributed by atoms with van der Waals surface area (Å²) in [5.74, 6) is 0.845. The van der Waals surface area contributed by atoms with Crippen molar-refractivity contribution in [3.63, 3.8) is 0 Å². The molecule has 1 N–H and O–H groups in total. The lowest BCUT2D eigenvalue weighted by Gasteiger charge is -2.34. The molecular weight excluding hydrogens is 214 g/mol. The Morgan fingerprint density at radius 1 is 1.47 bits per heavy atom. The van der Waals surface area contributed by atoms with E-state index in [1.165, 1.54) is 0 Å². The second-order valence-corrected chi connectivity index (χ2v) is 5.56. The van der Waals surface area contributed by atoms with Gasteiger partial charge in [-0.15, -0.1) is 0 Å². The number of amides is 1. The molecule has 17 heavy (non-hydrogen) atoms. The van der Waals surface area contributed by atoms with Gasteiger partial charge in [0.2, 0.25) is 5.91 Å². The molecule has 1 amide bonds. The second-order valence-electron chi connectivity index (χ2n) is 5.56. The van der Waals surface area contributed by atoms with Crippen LogP contribution in [0.2, 0.25) is 0 Å². The Morgan fingerprint density at radius 3 is 2.65 bits per heavy atom. The van der Waals surface area contributed by atoms with Crippen LogP contribution in [0, 0.1) is 5.92 Å². The smallest absolute Gasteiger partial charge is 0.240 e. The Bertz CT molecular complexity index is 255. The van der Waals surface area contributed by atoms with Gasteiger partial charge in [0.25, 0.3) is 0 Å². The van der Waals surface area contributed by atoms with Gasteiger partial charge in [0, 0.05) is 32.7 Å². The monoisotopic (exact) mass is 241 g/mol. The molecule has 100 valence electrons. The third-order valence-corrected chi connectivity index (χ3v) is 3.48. The van der Waals surface area contributed by atoms with Crippen molar-refractivity contribution in [1.29, 1.82) is 0 Å². The van der Waals surface area contributed by atoms with Crippen molar-refractivity contribution in [2.24, 2.45) is 5.92 Å². The van der Waals surface area contributed by atoms with Gasteiger partial charge in [-0.05, 0) is 26.3 Å². The van der Waals surface area contributed by atoms with E-state index in [1.54, 1.807) is 0 Å². The van der Waals surface area contributed by atoms with Gasteiger partial charge >= 0.3 is 0 Å². The summed E-state index contributed by atoms with van der Waals surface area (Å²) in [5, 5.41) is 3.15. The average Bonchev–Trinajstić information content (AvgIpc) is 2.35. The SMILES string of the molecule is CNCC1C(=O)N(C)CCC(C)N1CC(C)C. The summed E-state index contributed by atoms with van der Waals surface area (Å²) in [6, 6.07) is 0.467. The van der Waals surface area contributed by atoms with Gasteiger partial charge in [0.15, 0.2) is 0 Å². The zero-order valence-corrected chi connectivity index (χ0v) is 11.9. The minimum atomic E-state index is -0.00935. The molecule has 0 aromatic heterocycles. The first-order valence-corrected chi connectivity index (χ1v) is 6.62. The van der Waals surface area contributed by atoms with E-state index in [0.29, 0.717) is 12.0 Å². The van der Waals surface area contributed by atoms with Crippen LogP contribution in [0.15, 0.2) is 0 Å². The summed E-state index contributed by atoms with van der Waals surface area (Å²) >= 11 is 0. The topological polar surface area (TPSA) is 35.6 Å². The maximum Gasteiger partial charge on any atom is 0.240 e. The predicted molar refractivity (Wildman–Crippen MR) is 71.0 cm³/mol. The fourth-order valence-electron chi connectivity index (χ4n) is 2.49. The third-order valence-electron chi connectivity index (χ3n) is 3.48. The van der Waals surface area contributed by atoms with E-state index < -0.39 is 0 Å². The molecule has 0 aliphatic carbocycles. The molecule has 4 nitrogen and oxygen atoms in total. The van der Waals surface area contributed by atoms with E-state index in [-0.39, 0.29) is 11.9 Å². The Kier molecular flexibility index (Phi) is 5.40. The fraction of sp³-hybridized carbons (Fsp3) is 0.923. The van der Waals surface area contributed by atoms with Crippen LogP contribution in [-0.4, -0.2) is 61.5 Å². The van der Waals surface area contributed by atoms with Crippen LogP contribution in [0.3, 0.4) is 0 Å². The Labute approximate surface area is 105 Å².